The first-order valence-corrected chi connectivity index (χ1v) is 10.5. The van der Waals surface area contributed by atoms with Crippen molar-refractivity contribution < 1.29 is 19.0 Å². The third-order valence-electron chi connectivity index (χ3n) is 4.81. The summed E-state index contributed by atoms with van der Waals surface area (Å²) in [5, 5.41) is 19.6. The summed E-state index contributed by atoms with van der Waals surface area (Å²) in [6.45, 7) is 1.82. The van der Waals surface area contributed by atoms with Gasteiger partial charge in [0.25, 0.3) is 0 Å². The number of aryl methyl sites for hydroxylation is 1. The van der Waals surface area contributed by atoms with E-state index in [1.165, 1.54) is 18.9 Å². The van der Waals surface area contributed by atoms with E-state index in [0.29, 0.717) is 21.9 Å². The Morgan fingerprint density at radius 2 is 1.91 bits per heavy atom. The van der Waals surface area contributed by atoms with E-state index in [0.717, 1.165) is 5.69 Å². The number of aromatic nitrogens is 1. The number of thioether (sulfide) groups is 1. The number of nitrogens with two attached hydrogens (primary N) is 1. The first-order chi connectivity index (χ1) is 15.4. The summed E-state index contributed by atoms with van der Waals surface area (Å²) in [6, 6.07) is 14.6. The second kappa shape index (κ2) is 9.90. The number of benzene rings is 1. The predicted octanol–water partition coefficient (Wildman–Crippen LogP) is 3.30. The molecule has 0 saturated heterocycles. The zero-order valence-corrected chi connectivity index (χ0v) is 18.5. The molecular weight excluding hydrogens is 428 g/mol. The Kier molecular flexibility index (Phi) is 7.04. The van der Waals surface area contributed by atoms with Crippen LogP contribution >= 0.6 is 11.8 Å². The standard InChI is InChI=1S/C23H20N4O4S/c1-13-4-5-15(10-24)22(27-13)32-12-18-20(23(28)30-3)19(17(11-25)21(26)31-18)14-6-8-16(29-2)9-7-14/h4-9,19H,12,26H2,1-3H3/t19-/m1/s1. The van der Waals surface area contributed by atoms with Gasteiger partial charge in [-0.15, -0.1) is 0 Å². The molecule has 2 N–H and O–H groups in total. The van der Waals surface area contributed by atoms with Crippen LogP contribution in [0.25, 0.3) is 0 Å². The SMILES string of the molecule is COC(=O)C1=C(CSc2nc(C)ccc2C#N)OC(N)=C(C#N)[C@H]1c1ccc(OC)cc1. The van der Waals surface area contributed by atoms with Crippen LogP contribution in [0.3, 0.4) is 0 Å². The van der Waals surface area contributed by atoms with Crippen molar-refractivity contribution in [2.75, 3.05) is 20.0 Å². The molecule has 162 valence electrons. The molecule has 3 rings (SSSR count). The van der Waals surface area contributed by atoms with Crippen molar-refractivity contribution in [3.63, 3.8) is 0 Å². The molecule has 0 bridgehead atoms. The van der Waals surface area contributed by atoms with Gasteiger partial charge in [-0.3, -0.25) is 0 Å². The summed E-state index contributed by atoms with van der Waals surface area (Å²) in [6.07, 6.45) is 0. The molecule has 2 aromatic rings. The Morgan fingerprint density at radius 3 is 2.50 bits per heavy atom. The van der Waals surface area contributed by atoms with Gasteiger partial charge in [-0.05, 0) is 36.8 Å². The molecule has 32 heavy (non-hydrogen) atoms. The quantitative estimate of drug-likeness (QED) is 0.522. The van der Waals surface area contributed by atoms with E-state index in [-0.39, 0.29) is 28.5 Å². The maximum absolute atomic E-state index is 12.8. The largest absolute Gasteiger partial charge is 0.497 e. The van der Waals surface area contributed by atoms with Crippen molar-refractivity contribution in [3.05, 3.63) is 76.0 Å². The number of methoxy groups -OCH3 is 2. The molecule has 1 aliphatic heterocycles. The number of hydrogen-bond donors (Lipinski definition) is 1. The summed E-state index contributed by atoms with van der Waals surface area (Å²) < 4.78 is 15.9. The number of carbonyl (C=O) groups is 1. The second-order valence-electron chi connectivity index (χ2n) is 6.73. The van der Waals surface area contributed by atoms with Crippen LogP contribution in [-0.4, -0.2) is 30.9 Å². The number of nitriles is 2. The average molecular weight is 449 g/mol. The highest BCUT2D eigenvalue weighted by Crippen LogP contribution is 2.41. The molecule has 9 heteroatoms. The number of ether oxygens (including phenoxy) is 3. The molecule has 0 unspecified atom stereocenters. The van der Waals surface area contributed by atoms with Gasteiger partial charge >= 0.3 is 5.97 Å². The van der Waals surface area contributed by atoms with Gasteiger partial charge in [0.1, 0.15) is 34.2 Å². The highest BCUT2D eigenvalue weighted by Gasteiger charge is 2.37. The lowest BCUT2D eigenvalue weighted by Gasteiger charge is -2.28. The third kappa shape index (κ3) is 4.53. The van der Waals surface area contributed by atoms with Crippen LogP contribution in [0, 0.1) is 29.6 Å². The lowest BCUT2D eigenvalue weighted by molar-refractivity contribution is -0.136. The van der Waals surface area contributed by atoms with E-state index >= 15 is 0 Å². The van der Waals surface area contributed by atoms with Gasteiger partial charge < -0.3 is 19.9 Å². The molecule has 1 aliphatic rings. The fraction of sp³-hybridized carbons (Fsp3) is 0.217. The van der Waals surface area contributed by atoms with Crippen LogP contribution in [0.15, 0.2) is 64.2 Å². The monoisotopic (exact) mass is 448 g/mol. The summed E-state index contributed by atoms with van der Waals surface area (Å²) in [5.74, 6) is -0.476. The van der Waals surface area contributed by atoms with E-state index in [2.05, 4.69) is 17.1 Å². The van der Waals surface area contributed by atoms with Crippen molar-refractivity contribution >= 4 is 17.7 Å². The molecule has 0 amide bonds. The summed E-state index contributed by atoms with van der Waals surface area (Å²) in [7, 11) is 2.81. The first-order valence-electron chi connectivity index (χ1n) is 9.46. The van der Waals surface area contributed by atoms with Gasteiger partial charge in [-0.25, -0.2) is 9.78 Å². The van der Waals surface area contributed by atoms with Crippen LogP contribution in [0.2, 0.25) is 0 Å². The van der Waals surface area contributed by atoms with Gasteiger partial charge in [0.15, 0.2) is 0 Å². The Bertz CT molecular complexity index is 1190. The van der Waals surface area contributed by atoms with Gasteiger partial charge in [0, 0.05) is 5.69 Å². The molecule has 1 atom stereocenters. The minimum absolute atomic E-state index is 0.0886. The average Bonchev–Trinajstić information content (AvgIpc) is 2.81. The van der Waals surface area contributed by atoms with Crippen LogP contribution in [0.4, 0.5) is 0 Å². The fourth-order valence-corrected chi connectivity index (χ4v) is 4.21. The summed E-state index contributed by atoms with van der Waals surface area (Å²) in [5.41, 5.74) is 8.15. The molecule has 2 heterocycles. The summed E-state index contributed by atoms with van der Waals surface area (Å²) in [4.78, 5) is 17.2. The lowest BCUT2D eigenvalue weighted by Crippen LogP contribution is -2.26. The summed E-state index contributed by atoms with van der Waals surface area (Å²) >= 11 is 1.23. The Hall–Kier alpha value is -3.95. The highest BCUT2D eigenvalue weighted by molar-refractivity contribution is 7.99. The van der Waals surface area contributed by atoms with Crippen molar-refractivity contribution in [1.82, 2.24) is 4.98 Å². The lowest BCUT2D eigenvalue weighted by atomic mass is 9.83. The topological polar surface area (TPSA) is 131 Å². The molecule has 1 aromatic heterocycles. The third-order valence-corrected chi connectivity index (χ3v) is 5.80. The number of carbonyl (C=O) groups excluding carboxylic acids is 1. The van der Waals surface area contributed by atoms with Crippen LogP contribution < -0.4 is 10.5 Å². The smallest absolute Gasteiger partial charge is 0.338 e. The predicted molar refractivity (Wildman–Crippen MR) is 117 cm³/mol. The maximum Gasteiger partial charge on any atom is 0.338 e. The molecular formula is C23H20N4O4S. The molecule has 0 spiro atoms. The molecule has 0 fully saturated rings. The van der Waals surface area contributed by atoms with E-state index in [9.17, 15) is 15.3 Å². The maximum atomic E-state index is 12.8. The zero-order chi connectivity index (χ0) is 23.3. The Morgan fingerprint density at radius 1 is 1.19 bits per heavy atom. The number of nitrogens with zero attached hydrogens (tertiary/aromatic N) is 3. The Labute approximate surface area is 189 Å². The molecule has 8 nitrogen and oxygen atoms in total. The van der Waals surface area contributed by atoms with Gasteiger partial charge in [-0.2, -0.15) is 10.5 Å². The number of pyridine rings is 1. The number of hydrogen-bond acceptors (Lipinski definition) is 9. The van der Waals surface area contributed by atoms with E-state index in [1.807, 2.05) is 6.92 Å². The van der Waals surface area contributed by atoms with Crippen LogP contribution in [0.1, 0.15) is 22.7 Å². The number of rotatable bonds is 6. The first kappa shape index (κ1) is 22.7. The van der Waals surface area contributed by atoms with E-state index in [4.69, 9.17) is 19.9 Å². The highest BCUT2D eigenvalue weighted by atomic mass is 32.2. The van der Waals surface area contributed by atoms with E-state index in [1.54, 1.807) is 43.5 Å². The second-order valence-corrected chi connectivity index (χ2v) is 7.70. The number of esters is 1. The Balaban J connectivity index is 2.08. The zero-order valence-electron chi connectivity index (χ0n) is 17.7. The molecule has 0 aliphatic carbocycles. The number of allylic oxidation sites excluding steroid dienone is 1. The van der Waals surface area contributed by atoms with Crippen LogP contribution in [-0.2, 0) is 14.3 Å². The van der Waals surface area contributed by atoms with Crippen molar-refractivity contribution in [3.8, 4) is 17.9 Å². The molecule has 1 aromatic carbocycles. The van der Waals surface area contributed by atoms with Gasteiger partial charge in [0.2, 0.25) is 5.88 Å². The molecule has 0 radical (unpaired) electrons. The minimum Gasteiger partial charge on any atom is -0.497 e. The van der Waals surface area contributed by atoms with Gasteiger partial charge in [-0.1, -0.05) is 23.9 Å². The van der Waals surface area contributed by atoms with E-state index < -0.39 is 11.9 Å². The van der Waals surface area contributed by atoms with Crippen molar-refractivity contribution in [2.24, 2.45) is 5.73 Å². The minimum atomic E-state index is -0.774. The normalized spacial score (nSPS) is 15.5. The van der Waals surface area contributed by atoms with Crippen molar-refractivity contribution in [1.29, 1.82) is 10.5 Å². The molecule has 0 saturated carbocycles. The van der Waals surface area contributed by atoms with Crippen molar-refractivity contribution in [2.45, 2.75) is 17.9 Å². The van der Waals surface area contributed by atoms with Crippen LogP contribution in [0.5, 0.6) is 5.75 Å². The fourth-order valence-electron chi connectivity index (χ4n) is 3.25. The van der Waals surface area contributed by atoms with Gasteiger partial charge in [0.05, 0.1) is 37.0 Å².